The molecule has 0 aromatic heterocycles. The van der Waals surface area contributed by atoms with E-state index in [4.69, 9.17) is 5.11 Å². The first-order valence-corrected chi connectivity index (χ1v) is 10.2. The third kappa shape index (κ3) is 7.41. The molecule has 1 rings (SSSR count). The first kappa shape index (κ1) is 25.1. The number of Topliss-reactive ketones (excluding diaryl/α,β-unsaturated/α-hetero) is 1. The Morgan fingerprint density at radius 1 is 0.931 bits per heavy atom. The zero-order chi connectivity index (χ0) is 22.0. The number of carbonyl (C=O) groups excluding carboxylic acids is 2. The van der Waals surface area contributed by atoms with Crippen molar-refractivity contribution in [2.24, 2.45) is 0 Å². The fraction of sp³-hybridized carbons (Fsp3) is 0.750. The van der Waals surface area contributed by atoms with E-state index in [0.29, 0.717) is 6.42 Å². The fourth-order valence-electron chi connectivity index (χ4n) is 3.19. The molecule has 0 spiro atoms. The molecule has 0 aromatic rings. The van der Waals surface area contributed by atoms with Gasteiger partial charge in [-0.15, -0.1) is 0 Å². The second kappa shape index (κ2) is 12.6. The first-order valence-electron chi connectivity index (χ1n) is 10.2. The third-order valence-electron chi connectivity index (χ3n) is 4.99. The molecule has 0 aliphatic carbocycles. The summed E-state index contributed by atoms with van der Waals surface area (Å²) in [5.74, 6) is -5.46. The number of aliphatic hydroxyl groups is 4. The van der Waals surface area contributed by atoms with Crippen LogP contribution >= 0.6 is 0 Å². The van der Waals surface area contributed by atoms with Crippen LogP contribution in [-0.4, -0.2) is 67.7 Å². The van der Waals surface area contributed by atoms with Gasteiger partial charge in [0.2, 0.25) is 11.9 Å². The van der Waals surface area contributed by atoms with Gasteiger partial charge in [-0.05, 0) is 6.42 Å². The van der Waals surface area contributed by atoms with Gasteiger partial charge in [-0.1, -0.05) is 64.7 Å². The number of carboxylic acids is 1. The average molecular weight is 416 g/mol. The first-order chi connectivity index (χ1) is 13.7. The molecule has 9 nitrogen and oxygen atoms in total. The lowest BCUT2D eigenvalue weighted by Gasteiger charge is -2.17. The van der Waals surface area contributed by atoms with Crippen LogP contribution in [0, 0.1) is 0 Å². The van der Waals surface area contributed by atoms with Crippen molar-refractivity contribution in [2.45, 2.75) is 95.5 Å². The summed E-state index contributed by atoms with van der Waals surface area (Å²) >= 11 is 0. The van der Waals surface area contributed by atoms with Crippen molar-refractivity contribution in [1.29, 1.82) is 0 Å². The predicted molar refractivity (Wildman–Crippen MR) is 102 cm³/mol. The lowest BCUT2D eigenvalue weighted by Crippen LogP contribution is -2.38. The van der Waals surface area contributed by atoms with Crippen LogP contribution in [0.3, 0.4) is 0 Å². The smallest absolute Gasteiger partial charge is 0.346 e. The number of hydrogen-bond acceptors (Lipinski definition) is 8. The molecule has 29 heavy (non-hydrogen) atoms. The second-order valence-corrected chi connectivity index (χ2v) is 7.36. The van der Waals surface area contributed by atoms with E-state index in [-0.39, 0.29) is 6.42 Å². The normalized spacial score (nSPS) is 21.6. The van der Waals surface area contributed by atoms with Gasteiger partial charge in [0.05, 0.1) is 6.10 Å². The minimum atomic E-state index is -2.29. The van der Waals surface area contributed by atoms with Gasteiger partial charge in [0, 0.05) is 0 Å². The maximum Gasteiger partial charge on any atom is 0.346 e. The van der Waals surface area contributed by atoms with Crippen LogP contribution < -0.4 is 0 Å². The number of ether oxygens (including phenoxy) is 1. The largest absolute Gasteiger partial charge is 0.508 e. The summed E-state index contributed by atoms with van der Waals surface area (Å²) in [6.07, 6.45) is 2.11. The lowest BCUT2D eigenvalue weighted by atomic mass is 9.98. The van der Waals surface area contributed by atoms with Gasteiger partial charge in [-0.25, -0.2) is 9.59 Å². The molecule has 0 radical (unpaired) electrons. The monoisotopic (exact) mass is 416 g/mol. The summed E-state index contributed by atoms with van der Waals surface area (Å²) in [5, 5.41) is 48.2. The summed E-state index contributed by atoms with van der Waals surface area (Å²) in [4.78, 5) is 34.6. The Bertz CT molecular complexity index is 599. The van der Waals surface area contributed by atoms with Crippen molar-refractivity contribution < 1.29 is 44.7 Å². The molecule has 0 aromatic carbocycles. The zero-order valence-corrected chi connectivity index (χ0v) is 16.7. The molecular weight excluding hydrogens is 384 g/mol. The molecule has 4 unspecified atom stereocenters. The van der Waals surface area contributed by atoms with Crippen LogP contribution in [0.15, 0.2) is 11.3 Å². The Morgan fingerprint density at radius 3 is 1.97 bits per heavy atom. The van der Waals surface area contributed by atoms with Crippen molar-refractivity contribution in [1.82, 2.24) is 0 Å². The molecule has 1 fully saturated rings. The summed E-state index contributed by atoms with van der Waals surface area (Å²) in [6, 6.07) is 0. The predicted octanol–water partition coefficient (Wildman–Crippen LogP) is 1.38. The van der Waals surface area contributed by atoms with E-state index < -0.39 is 53.5 Å². The summed E-state index contributed by atoms with van der Waals surface area (Å²) < 4.78 is 4.49. The van der Waals surface area contributed by atoms with Gasteiger partial charge >= 0.3 is 11.9 Å². The van der Waals surface area contributed by atoms with Crippen LogP contribution in [0.1, 0.15) is 71.1 Å². The zero-order valence-electron chi connectivity index (χ0n) is 16.7. The van der Waals surface area contributed by atoms with Crippen molar-refractivity contribution in [3.8, 4) is 0 Å². The van der Waals surface area contributed by atoms with Gasteiger partial charge in [0.15, 0.2) is 6.10 Å². The van der Waals surface area contributed by atoms with Crippen LogP contribution in [0.4, 0.5) is 0 Å². The SMILES string of the molecule is CCCCCCCCCCCC(O)C(O)/C(O)=C1/C(=O)OC(C(O)C(=O)O)C1=O. The fourth-order valence-corrected chi connectivity index (χ4v) is 3.19. The maximum absolute atomic E-state index is 12.1. The van der Waals surface area contributed by atoms with Crippen LogP contribution in [0.2, 0.25) is 0 Å². The quantitative estimate of drug-likeness (QED) is 0.0925. The van der Waals surface area contributed by atoms with E-state index in [9.17, 15) is 34.8 Å². The Balaban J connectivity index is 2.49. The molecule has 1 aliphatic heterocycles. The maximum atomic E-state index is 12.1. The highest BCUT2D eigenvalue weighted by atomic mass is 16.6. The highest BCUT2D eigenvalue weighted by Crippen LogP contribution is 2.25. The van der Waals surface area contributed by atoms with E-state index in [0.717, 1.165) is 25.7 Å². The number of hydrogen-bond donors (Lipinski definition) is 5. The van der Waals surface area contributed by atoms with Crippen molar-refractivity contribution in [3.63, 3.8) is 0 Å². The van der Waals surface area contributed by atoms with Crippen LogP contribution in [-0.2, 0) is 19.1 Å². The molecule has 166 valence electrons. The van der Waals surface area contributed by atoms with Gasteiger partial charge < -0.3 is 30.3 Å². The standard InChI is InChI=1S/C20H32O9/c1-2-3-4-5-6-7-8-9-10-11-12(21)14(22)15(23)13-16(24)18(29-20(13)28)17(25)19(26)27/h12,14,17-18,21-23,25H,2-11H2,1H3,(H,26,27)/b15-13-. The summed E-state index contributed by atoms with van der Waals surface area (Å²) in [6.45, 7) is 2.16. The molecule has 0 amide bonds. The van der Waals surface area contributed by atoms with E-state index in [1.54, 1.807) is 0 Å². The van der Waals surface area contributed by atoms with Crippen molar-refractivity contribution in [2.75, 3.05) is 0 Å². The molecule has 1 saturated heterocycles. The van der Waals surface area contributed by atoms with Crippen molar-refractivity contribution in [3.05, 3.63) is 11.3 Å². The lowest BCUT2D eigenvalue weighted by molar-refractivity contribution is -0.161. The van der Waals surface area contributed by atoms with Gasteiger partial charge in [-0.3, -0.25) is 4.79 Å². The topological polar surface area (TPSA) is 162 Å². The van der Waals surface area contributed by atoms with Crippen LogP contribution in [0.25, 0.3) is 0 Å². The average Bonchev–Trinajstić information content (AvgIpc) is 2.98. The third-order valence-corrected chi connectivity index (χ3v) is 4.99. The number of ketones is 1. The number of aliphatic hydroxyl groups excluding tert-OH is 4. The minimum absolute atomic E-state index is 0.152. The van der Waals surface area contributed by atoms with Crippen LogP contribution in [0.5, 0.6) is 0 Å². The van der Waals surface area contributed by atoms with E-state index in [1.165, 1.54) is 25.7 Å². The molecule has 4 atom stereocenters. The summed E-state index contributed by atoms with van der Waals surface area (Å²) in [7, 11) is 0. The Morgan fingerprint density at radius 2 is 1.45 bits per heavy atom. The molecule has 9 heteroatoms. The number of cyclic esters (lactones) is 1. The van der Waals surface area contributed by atoms with E-state index in [1.807, 2.05) is 0 Å². The second-order valence-electron chi connectivity index (χ2n) is 7.36. The molecular formula is C20H32O9. The summed E-state index contributed by atoms with van der Waals surface area (Å²) in [5.41, 5.74) is -0.950. The van der Waals surface area contributed by atoms with Crippen molar-refractivity contribution >= 4 is 17.7 Å². The van der Waals surface area contributed by atoms with E-state index >= 15 is 0 Å². The molecule has 0 bridgehead atoms. The number of carboxylic acid groups (broad SMARTS) is 1. The molecule has 5 N–H and O–H groups in total. The Kier molecular flexibility index (Phi) is 10.9. The van der Waals surface area contributed by atoms with Gasteiger partial charge in [0.25, 0.3) is 0 Å². The Hall–Kier alpha value is -1.97. The van der Waals surface area contributed by atoms with Gasteiger partial charge in [0.1, 0.15) is 17.4 Å². The molecule has 1 heterocycles. The molecule has 1 aliphatic rings. The highest BCUT2D eigenvalue weighted by molar-refractivity contribution is 6.24. The number of esters is 1. The highest BCUT2D eigenvalue weighted by Gasteiger charge is 2.48. The minimum Gasteiger partial charge on any atom is -0.508 e. The number of carbonyl (C=O) groups is 3. The number of rotatable bonds is 14. The van der Waals surface area contributed by atoms with Gasteiger partial charge in [-0.2, -0.15) is 0 Å². The number of unbranched alkanes of at least 4 members (excludes halogenated alkanes) is 8. The number of aliphatic carboxylic acids is 1. The van der Waals surface area contributed by atoms with E-state index in [2.05, 4.69) is 11.7 Å². The molecule has 0 saturated carbocycles. The Labute approximate surface area is 170 Å².